The molecule has 26 heavy (non-hydrogen) atoms. The molecule has 0 radical (unpaired) electrons. The number of pyridine rings is 1. The van der Waals surface area contributed by atoms with Crippen LogP contribution in [0.1, 0.15) is 73.6 Å². The van der Waals surface area contributed by atoms with E-state index in [2.05, 4.69) is 21.6 Å². The van der Waals surface area contributed by atoms with Crippen LogP contribution in [-0.2, 0) is 4.74 Å². The average molecular weight is 376 g/mol. The number of nitrogens with zero attached hydrogens (tertiary/aromatic N) is 2. The maximum Gasteiger partial charge on any atom is 0.273 e. The van der Waals surface area contributed by atoms with Crippen molar-refractivity contribution < 1.29 is 9.53 Å². The Balaban J connectivity index is 1.53. The first-order valence-corrected chi connectivity index (χ1v) is 10.5. The Bertz CT molecular complexity index is 751. The number of amides is 1. The Labute approximate surface area is 159 Å². The predicted molar refractivity (Wildman–Crippen MR) is 106 cm³/mol. The highest BCUT2D eigenvalue weighted by Crippen LogP contribution is 2.26. The average Bonchev–Trinajstić information content (AvgIpc) is 3.04. The fraction of sp³-hybridized carbons (Fsp3) is 0.650. The van der Waals surface area contributed by atoms with Crippen LogP contribution in [0.25, 0.3) is 10.2 Å². The van der Waals surface area contributed by atoms with Crippen molar-refractivity contribution >= 4 is 27.7 Å². The van der Waals surface area contributed by atoms with Gasteiger partial charge in [-0.2, -0.15) is 4.37 Å². The Kier molecular flexibility index (Phi) is 6.59. The van der Waals surface area contributed by atoms with E-state index in [-0.39, 0.29) is 11.9 Å². The van der Waals surface area contributed by atoms with Crippen LogP contribution in [0.5, 0.6) is 0 Å². The van der Waals surface area contributed by atoms with E-state index in [0.717, 1.165) is 60.2 Å². The Morgan fingerprint density at radius 1 is 1.27 bits per heavy atom. The van der Waals surface area contributed by atoms with E-state index in [1.165, 1.54) is 24.4 Å². The third kappa shape index (κ3) is 4.60. The molecule has 1 aliphatic rings. The van der Waals surface area contributed by atoms with Crippen molar-refractivity contribution in [3.63, 3.8) is 0 Å². The van der Waals surface area contributed by atoms with Gasteiger partial charge in [-0.25, -0.2) is 4.98 Å². The summed E-state index contributed by atoms with van der Waals surface area (Å²) in [5, 5.41) is 3.16. The zero-order valence-electron chi connectivity index (χ0n) is 16.0. The van der Waals surface area contributed by atoms with Crippen LogP contribution >= 0.6 is 11.5 Å². The summed E-state index contributed by atoms with van der Waals surface area (Å²) in [5.74, 6) is -0.0962. The van der Waals surface area contributed by atoms with E-state index in [1.54, 1.807) is 0 Å². The zero-order valence-corrected chi connectivity index (χ0v) is 16.8. The summed E-state index contributed by atoms with van der Waals surface area (Å²) in [6, 6.07) is 2.24. The lowest BCUT2D eigenvalue weighted by Gasteiger charge is -2.29. The summed E-state index contributed by atoms with van der Waals surface area (Å²) in [6.45, 7) is 7.06. The molecule has 1 saturated carbocycles. The molecular weight excluding hydrogens is 346 g/mol. The van der Waals surface area contributed by atoms with Crippen molar-refractivity contribution in [3.8, 4) is 0 Å². The van der Waals surface area contributed by atoms with E-state index in [4.69, 9.17) is 4.74 Å². The molecule has 1 amide bonds. The molecule has 1 N–H and O–H groups in total. The van der Waals surface area contributed by atoms with E-state index < -0.39 is 0 Å². The Morgan fingerprint density at radius 3 is 2.77 bits per heavy atom. The van der Waals surface area contributed by atoms with E-state index in [0.29, 0.717) is 11.8 Å². The number of aryl methyl sites for hydroxylation is 2. The molecule has 0 atom stereocenters. The monoisotopic (exact) mass is 375 g/mol. The van der Waals surface area contributed by atoms with Gasteiger partial charge in [0.25, 0.3) is 5.91 Å². The van der Waals surface area contributed by atoms with Crippen molar-refractivity contribution in [3.05, 3.63) is 23.0 Å². The minimum atomic E-state index is -0.0962. The summed E-state index contributed by atoms with van der Waals surface area (Å²) in [4.78, 5) is 17.2. The van der Waals surface area contributed by atoms with Crippen LogP contribution in [0.3, 0.4) is 0 Å². The first kappa shape index (κ1) is 19.2. The van der Waals surface area contributed by atoms with Gasteiger partial charge in [0.1, 0.15) is 5.52 Å². The van der Waals surface area contributed by atoms with Crippen molar-refractivity contribution in [1.82, 2.24) is 14.7 Å². The highest BCUT2D eigenvalue weighted by molar-refractivity contribution is 7.13. The van der Waals surface area contributed by atoms with Gasteiger partial charge < -0.3 is 10.1 Å². The number of carbonyl (C=O) groups excluding carboxylic acids is 1. The number of carbonyl (C=O) groups is 1. The molecule has 3 rings (SSSR count). The molecule has 1 fully saturated rings. The largest absolute Gasteiger partial charge is 0.378 e. The van der Waals surface area contributed by atoms with Gasteiger partial charge in [0.15, 0.2) is 5.69 Å². The second-order valence-corrected chi connectivity index (χ2v) is 8.09. The summed E-state index contributed by atoms with van der Waals surface area (Å²) >= 11 is 1.36. The van der Waals surface area contributed by atoms with Crippen molar-refractivity contribution in [2.24, 2.45) is 0 Å². The van der Waals surface area contributed by atoms with E-state index in [1.807, 2.05) is 19.9 Å². The molecule has 0 unspecified atom stereocenters. The quantitative estimate of drug-likeness (QED) is 0.721. The standard InChI is InChI=1S/C20H29N3O2S/c1-4-5-6-11-25-16-9-7-15(8-10-16)22-20(24)18-17-19(26-23-18)13(2)12-14(3)21-17/h12,15-16H,4-11H2,1-3H3,(H,22,24)/t15-,16-. The summed E-state index contributed by atoms with van der Waals surface area (Å²) in [6.07, 6.45) is 7.94. The number of unbranched alkanes of at least 4 members (excludes halogenated alkanes) is 2. The number of hydrogen-bond acceptors (Lipinski definition) is 5. The molecule has 0 spiro atoms. The van der Waals surface area contributed by atoms with Gasteiger partial charge in [-0.05, 0) is 69.1 Å². The smallest absolute Gasteiger partial charge is 0.273 e. The number of aromatic nitrogens is 2. The summed E-state index contributed by atoms with van der Waals surface area (Å²) < 4.78 is 11.3. The molecule has 0 aliphatic heterocycles. The van der Waals surface area contributed by atoms with Crippen molar-refractivity contribution in [2.75, 3.05) is 6.61 Å². The number of hydrogen-bond donors (Lipinski definition) is 1. The maximum absolute atomic E-state index is 12.7. The zero-order chi connectivity index (χ0) is 18.5. The fourth-order valence-corrected chi connectivity index (χ4v) is 4.40. The Morgan fingerprint density at radius 2 is 2.04 bits per heavy atom. The number of fused-ring (bicyclic) bond motifs is 1. The van der Waals surface area contributed by atoms with Gasteiger partial charge in [-0.1, -0.05) is 19.8 Å². The van der Waals surface area contributed by atoms with Gasteiger partial charge in [0.2, 0.25) is 0 Å². The molecule has 6 heteroatoms. The van der Waals surface area contributed by atoms with Crippen molar-refractivity contribution in [2.45, 2.75) is 77.9 Å². The van der Waals surface area contributed by atoms with Gasteiger partial charge in [0.05, 0.1) is 10.8 Å². The Hall–Kier alpha value is -1.53. The maximum atomic E-state index is 12.7. The highest BCUT2D eigenvalue weighted by atomic mass is 32.1. The first-order valence-electron chi connectivity index (χ1n) is 9.74. The second kappa shape index (κ2) is 8.91. The van der Waals surface area contributed by atoms with Crippen LogP contribution in [0.4, 0.5) is 0 Å². The molecule has 5 nitrogen and oxygen atoms in total. The normalized spacial score (nSPS) is 20.4. The van der Waals surface area contributed by atoms with E-state index >= 15 is 0 Å². The van der Waals surface area contributed by atoms with Gasteiger partial charge >= 0.3 is 0 Å². The lowest BCUT2D eigenvalue weighted by molar-refractivity contribution is 0.0204. The van der Waals surface area contributed by atoms with Crippen molar-refractivity contribution in [1.29, 1.82) is 0 Å². The summed E-state index contributed by atoms with van der Waals surface area (Å²) in [5.41, 5.74) is 3.25. The fourth-order valence-electron chi connectivity index (χ4n) is 3.61. The van der Waals surface area contributed by atoms with Crippen LogP contribution in [-0.4, -0.2) is 34.0 Å². The third-order valence-electron chi connectivity index (χ3n) is 5.07. The van der Waals surface area contributed by atoms with Crippen LogP contribution < -0.4 is 5.32 Å². The van der Waals surface area contributed by atoms with Gasteiger partial charge in [0, 0.05) is 18.3 Å². The first-order chi connectivity index (χ1) is 12.6. The van der Waals surface area contributed by atoms with Crippen LogP contribution in [0.2, 0.25) is 0 Å². The molecule has 142 valence electrons. The highest BCUT2D eigenvalue weighted by Gasteiger charge is 2.25. The topological polar surface area (TPSA) is 64.1 Å². The molecule has 0 bridgehead atoms. The minimum Gasteiger partial charge on any atom is -0.378 e. The third-order valence-corrected chi connectivity index (χ3v) is 6.04. The number of ether oxygens (including phenoxy) is 1. The molecule has 1 aliphatic carbocycles. The molecule has 2 aromatic rings. The molecule has 0 aromatic carbocycles. The van der Waals surface area contributed by atoms with E-state index in [9.17, 15) is 4.79 Å². The molecule has 2 heterocycles. The molecule has 2 aromatic heterocycles. The second-order valence-electron chi connectivity index (χ2n) is 7.31. The van der Waals surface area contributed by atoms with Gasteiger partial charge in [-0.15, -0.1) is 0 Å². The molecule has 0 saturated heterocycles. The van der Waals surface area contributed by atoms with Gasteiger partial charge in [-0.3, -0.25) is 4.79 Å². The molecular formula is C20H29N3O2S. The van der Waals surface area contributed by atoms with Crippen LogP contribution in [0.15, 0.2) is 6.07 Å². The van der Waals surface area contributed by atoms with Crippen LogP contribution in [0, 0.1) is 13.8 Å². The SMILES string of the molecule is CCCCCO[C@H]1CC[C@H](NC(=O)c2nsc3c(C)cc(C)nc23)CC1. The lowest BCUT2D eigenvalue weighted by atomic mass is 9.93. The minimum absolute atomic E-state index is 0.0962. The lowest BCUT2D eigenvalue weighted by Crippen LogP contribution is -2.39. The summed E-state index contributed by atoms with van der Waals surface area (Å²) in [7, 11) is 0. The number of nitrogens with one attached hydrogen (secondary N) is 1. The number of rotatable bonds is 7. The predicted octanol–water partition coefficient (Wildman–Crippen LogP) is 4.56.